The lowest BCUT2D eigenvalue weighted by molar-refractivity contribution is 0.108. The van der Waals surface area contributed by atoms with Crippen molar-refractivity contribution in [3.63, 3.8) is 0 Å². The number of halogens is 2. The third-order valence-corrected chi connectivity index (χ3v) is 4.79. The van der Waals surface area contributed by atoms with Crippen molar-refractivity contribution in [3.8, 4) is 5.75 Å². The van der Waals surface area contributed by atoms with E-state index in [0.717, 1.165) is 16.6 Å². The molecule has 140 valence electrons. The average molecular weight is 394 g/mol. The molecule has 1 heterocycles. The Labute approximate surface area is 166 Å². The summed E-state index contributed by atoms with van der Waals surface area (Å²) in [4.78, 5) is 12.0. The Morgan fingerprint density at radius 2 is 1.68 bits per heavy atom. The molecule has 4 aromatic rings. The lowest BCUT2D eigenvalue weighted by atomic mass is 10.1. The number of rotatable bonds is 6. The van der Waals surface area contributed by atoms with Gasteiger partial charge in [-0.25, -0.2) is 4.39 Å². The molecule has 0 saturated heterocycles. The van der Waals surface area contributed by atoms with Crippen LogP contribution in [-0.4, -0.2) is 9.81 Å². The minimum Gasteiger partial charge on any atom is -0.488 e. The molecule has 0 spiro atoms. The summed E-state index contributed by atoms with van der Waals surface area (Å²) in [6.45, 7) is 0.877. The summed E-state index contributed by atoms with van der Waals surface area (Å²) in [5.41, 5.74) is 3.17. The zero-order valence-corrected chi connectivity index (χ0v) is 15.7. The Balaban J connectivity index is 1.72. The van der Waals surface area contributed by atoms with Crippen LogP contribution in [0.5, 0.6) is 5.75 Å². The van der Waals surface area contributed by atoms with Crippen molar-refractivity contribution in [1.29, 1.82) is 0 Å². The van der Waals surface area contributed by atoms with Gasteiger partial charge in [-0.3, -0.25) is 4.79 Å². The van der Waals surface area contributed by atoms with E-state index in [1.54, 1.807) is 18.3 Å². The molecule has 0 aliphatic rings. The normalized spacial score (nSPS) is 10.9. The van der Waals surface area contributed by atoms with Crippen LogP contribution >= 0.6 is 11.6 Å². The molecule has 0 radical (unpaired) electrons. The molecule has 0 aliphatic carbocycles. The Bertz CT molecular complexity index is 1120. The monoisotopic (exact) mass is 393 g/mol. The van der Waals surface area contributed by atoms with Crippen LogP contribution in [0.25, 0.3) is 10.9 Å². The molecule has 0 bridgehead atoms. The highest BCUT2D eigenvalue weighted by Crippen LogP contribution is 2.33. The number of hydrogen-bond acceptors (Lipinski definition) is 2. The molecule has 0 atom stereocenters. The molecule has 4 rings (SSSR count). The molecule has 3 aromatic carbocycles. The number of hydrogen-bond donors (Lipinski definition) is 0. The number of carbonyl (C=O) groups is 1. The summed E-state index contributed by atoms with van der Waals surface area (Å²) in [6, 6.07) is 21.7. The summed E-state index contributed by atoms with van der Waals surface area (Å²) >= 11 is 5.85. The van der Waals surface area contributed by atoms with Gasteiger partial charge in [-0.2, -0.15) is 0 Å². The van der Waals surface area contributed by atoms with Crippen LogP contribution in [0.2, 0.25) is 0 Å². The van der Waals surface area contributed by atoms with E-state index in [0.29, 0.717) is 29.9 Å². The maximum Gasteiger partial charge on any atom is 0.254 e. The predicted molar refractivity (Wildman–Crippen MR) is 108 cm³/mol. The van der Waals surface area contributed by atoms with E-state index < -0.39 is 5.24 Å². The first kappa shape index (κ1) is 18.3. The third-order valence-electron chi connectivity index (χ3n) is 4.58. The van der Waals surface area contributed by atoms with Gasteiger partial charge in [0, 0.05) is 12.7 Å². The number of aromatic nitrogens is 1. The summed E-state index contributed by atoms with van der Waals surface area (Å²) in [6.07, 6.45) is 1.72. The summed E-state index contributed by atoms with van der Waals surface area (Å²) in [5.74, 6) is 0.317. The second kappa shape index (κ2) is 7.87. The molecule has 0 N–H and O–H groups in total. The minimum absolute atomic E-state index is 0.283. The van der Waals surface area contributed by atoms with E-state index in [-0.39, 0.29) is 5.82 Å². The van der Waals surface area contributed by atoms with Gasteiger partial charge in [0.1, 0.15) is 18.2 Å². The predicted octanol–water partition coefficient (Wildman–Crippen LogP) is 5.79. The average Bonchev–Trinajstić information content (AvgIpc) is 3.08. The molecular formula is C23H17ClFNO2. The molecule has 3 nitrogen and oxygen atoms in total. The highest BCUT2D eigenvalue weighted by atomic mass is 35.5. The topological polar surface area (TPSA) is 31.2 Å². The second-order valence-corrected chi connectivity index (χ2v) is 6.84. The first-order valence-corrected chi connectivity index (χ1v) is 9.22. The first-order valence-electron chi connectivity index (χ1n) is 8.84. The van der Waals surface area contributed by atoms with E-state index >= 15 is 0 Å². The van der Waals surface area contributed by atoms with Crippen LogP contribution in [0, 0.1) is 5.82 Å². The van der Waals surface area contributed by atoms with E-state index in [4.69, 9.17) is 16.3 Å². The fraction of sp³-hybridized carbons (Fsp3) is 0.0870. The SMILES string of the molecule is O=C(Cl)c1cn(Cc2ccc(F)cc2)c2cccc(OCc3ccccc3)c12. The zero-order chi connectivity index (χ0) is 19.5. The zero-order valence-electron chi connectivity index (χ0n) is 14.9. The molecule has 0 aliphatic heterocycles. The van der Waals surface area contributed by atoms with Crippen LogP contribution in [0.3, 0.4) is 0 Å². The standard InChI is InChI=1S/C23H17ClFNO2/c24-23(27)19-14-26(13-16-9-11-18(25)12-10-16)20-7-4-8-21(22(19)20)28-15-17-5-2-1-3-6-17/h1-12,14H,13,15H2. The number of carbonyl (C=O) groups excluding carboxylic acids is 1. The van der Waals surface area contributed by atoms with E-state index in [9.17, 15) is 9.18 Å². The van der Waals surface area contributed by atoms with Gasteiger partial charge in [-0.15, -0.1) is 0 Å². The molecular weight excluding hydrogens is 377 g/mol. The fourth-order valence-corrected chi connectivity index (χ4v) is 3.38. The van der Waals surface area contributed by atoms with E-state index in [1.165, 1.54) is 12.1 Å². The van der Waals surface area contributed by atoms with Crippen LogP contribution in [0.4, 0.5) is 4.39 Å². The second-order valence-electron chi connectivity index (χ2n) is 6.50. The fourth-order valence-electron chi connectivity index (χ4n) is 3.24. The lowest BCUT2D eigenvalue weighted by Gasteiger charge is -2.10. The summed E-state index contributed by atoms with van der Waals surface area (Å²) < 4.78 is 21.1. The van der Waals surface area contributed by atoms with Gasteiger partial charge < -0.3 is 9.30 Å². The molecule has 0 unspecified atom stereocenters. The Kier molecular flexibility index (Phi) is 5.13. The summed E-state index contributed by atoms with van der Waals surface area (Å²) in [5, 5.41) is 0.138. The number of benzene rings is 3. The van der Waals surface area contributed by atoms with Gasteiger partial charge in [0.25, 0.3) is 5.24 Å². The van der Waals surface area contributed by atoms with Crippen molar-refractivity contribution in [1.82, 2.24) is 4.57 Å². The smallest absolute Gasteiger partial charge is 0.254 e. The van der Waals surface area contributed by atoms with Gasteiger partial charge in [0.15, 0.2) is 0 Å². The van der Waals surface area contributed by atoms with Crippen molar-refractivity contribution in [2.24, 2.45) is 0 Å². The van der Waals surface area contributed by atoms with Crippen molar-refractivity contribution in [2.75, 3.05) is 0 Å². The third kappa shape index (κ3) is 3.78. The number of ether oxygens (including phenoxy) is 1. The van der Waals surface area contributed by atoms with Gasteiger partial charge >= 0.3 is 0 Å². The molecule has 0 saturated carbocycles. The van der Waals surface area contributed by atoms with Crippen LogP contribution in [-0.2, 0) is 13.2 Å². The maximum atomic E-state index is 13.2. The Morgan fingerprint density at radius 1 is 0.929 bits per heavy atom. The number of nitrogens with zero attached hydrogens (tertiary/aromatic N) is 1. The van der Waals surface area contributed by atoms with Crippen LogP contribution in [0.15, 0.2) is 79.0 Å². The van der Waals surface area contributed by atoms with Crippen molar-refractivity contribution in [3.05, 3.63) is 102 Å². The van der Waals surface area contributed by atoms with E-state index in [2.05, 4.69) is 0 Å². The summed E-state index contributed by atoms with van der Waals surface area (Å²) in [7, 11) is 0. The molecule has 5 heteroatoms. The number of fused-ring (bicyclic) bond motifs is 1. The minimum atomic E-state index is -0.543. The Hall–Kier alpha value is -3.11. The molecule has 0 fully saturated rings. The van der Waals surface area contributed by atoms with Crippen molar-refractivity contribution < 1.29 is 13.9 Å². The van der Waals surface area contributed by atoms with Gasteiger partial charge in [-0.05, 0) is 47.0 Å². The molecule has 0 amide bonds. The maximum absolute atomic E-state index is 13.2. The van der Waals surface area contributed by atoms with E-state index in [1.807, 2.05) is 53.1 Å². The quantitative estimate of drug-likeness (QED) is 0.388. The first-order chi connectivity index (χ1) is 13.6. The van der Waals surface area contributed by atoms with Gasteiger partial charge in [0.05, 0.1) is 16.5 Å². The molecule has 28 heavy (non-hydrogen) atoms. The molecule has 1 aromatic heterocycles. The van der Waals surface area contributed by atoms with Crippen molar-refractivity contribution in [2.45, 2.75) is 13.2 Å². The Morgan fingerprint density at radius 3 is 2.39 bits per heavy atom. The van der Waals surface area contributed by atoms with Crippen molar-refractivity contribution >= 4 is 27.7 Å². The lowest BCUT2D eigenvalue weighted by Crippen LogP contribution is -1.98. The van der Waals surface area contributed by atoms with Crippen LogP contribution < -0.4 is 4.74 Å². The highest BCUT2D eigenvalue weighted by molar-refractivity contribution is 6.68. The highest BCUT2D eigenvalue weighted by Gasteiger charge is 2.18. The van der Waals surface area contributed by atoms with Gasteiger partial charge in [0.2, 0.25) is 0 Å². The largest absolute Gasteiger partial charge is 0.488 e. The van der Waals surface area contributed by atoms with Gasteiger partial charge in [-0.1, -0.05) is 48.5 Å². The van der Waals surface area contributed by atoms with Crippen LogP contribution in [0.1, 0.15) is 21.5 Å².